The number of carbonyl (C=O) groups is 2. The fourth-order valence-electron chi connectivity index (χ4n) is 4.26. The number of ether oxygens (including phenoxy) is 2. The summed E-state index contributed by atoms with van der Waals surface area (Å²) in [4.78, 5) is 27.8. The molecule has 0 fully saturated rings. The number of likely N-dealkylation sites (N-methyl/N-ethyl adjacent to an activating group) is 1. The molecule has 4 rings (SSSR count). The van der Waals surface area contributed by atoms with Crippen molar-refractivity contribution in [2.24, 2.45) is 0 Å². The van der Waals surface area contributed by atoms with E-state index < -0.39 is 28.6 Å². The molecular weight excluding hydrogens is 542 g/mol. The Labute approximate surface area is 233 Å². The minimum atomic E-state index is -4.04. The molecule has 0 spiro atoms. The van der Waals surface area contributed by atoms with Gasteiger partial charge in [0.2, 0.25) is 15.9 Å². The van der Waals surface area contributed by atoms with Crippen LogP contribution in [-0.4, -0.2) is 63.9 Å². The van der Waals surface area contributed by atoms with E-state index in [-0.39, 0.29) is 28.9 Å². The highest BCUT2D eigenvalue weighted by molar-refractivity contribution is 7.89. The minimum Gasteiger partial charge on any atom is -0.495 e. The lowest BCUT2D eigenvalue weighted by molar-refractivity contribution is -0.128. The molecule has 0 bridgehead atoms. The first kappa shape index (κ1) is 28.4. The van der Waals surface area contributed by atoms with Crippen molar-refractivity contribution >= 4 is 39.1 Å². The van der Waals surface area contributed by atoms with Gasteiger partial charge in [-0.05, 0) is 42.3 Å². The van der Waals surface area contributed by atoms with Crippen LogP contribution in [0.25, 0.3) is 0 Å². The maximum Gasteiger partial charge on any atom is 0.262 e. The van der Waals surface area contributed by atoms with Crippen molar-refractivity contribution in [1.29, 1.82) is 0 Å². The Bertz CT molecular complexity index is 1430. The van der Waals surface area contributed by atoms with Crippen LogP contribution in [0.2, 0.25) is 5.02 Å². The second kappa shape index (κ2) is 12.5. The number of hydrogen-bond acceptors (Lipinski definition) is 6. The lowest BCUT2D eigenvalue weighted by atomic mass is 10.1. The minimum absolute atomic E-state index is 0.0487. The molecule has 3 aromatic rings. The largest absolute Gasteiger partial charge is 0.495 e. The van der Waals surface area contributed by atoms with Gasteiger partial charge >= 0.3 is 0 Å². The average molecular weight is 572 g/mol. The van der Waals surface area contributed by atoms with Crippen LogP contribution >= 0.6 is 11.6 Å². The normalized spacial score (nSPS) is 14.9. The number of nitrogens with one attached hydrogen (secondary N) is 1. The summed E-state index contributed by atoms with van der Waals surface area (Å²) in [7, 11) is -2.61. The molecule has 1 aliphatic heterocycles. The standard InChI is InChI=1S/C28H30ClN3O6S/c1-3-31(39(35,36)21-13-14-24(37-2)22(29)17-21)19-27(33)32-18-26(38-25-12-8-7-11-23(25)32)28(34)30-16-15-20-9-5-4-6-10-20/h4-14,17,26H,3,15-16,18-19H2,1-2H3,(H,30,34)/t26-/m0/s1. The Kier molecular flexibility index (Phi) is 9.11. The fraction of sp³-hybridized carbons (Fsp3) is 0.286. The highest BCUT2D eigenvalue weighted by atomic mass is 35.5. The van der Waals surface area contributed by atoms with Gasteiger partial charge in [-0.2, -0.15) is 4.31 Å². The number of benzene rings is 3. The molecule has 11 heteroatoms. The second-order valence-electron chi connectivity index (χ2n) is 8.83. The van der Waals surface area contributed by atoms with Gasteiger partial charge in [0.1, 0.15) is 11.5 Å². The summed E-state index contributed by atoms with van der Waals surface area (Å²) >= 11 is 6.15. The zero-order chi connectivity index (χ0) is 28.0. The third-order valence-electron chi connectivity index (χ3n) is 6.35. The summed E-state index contributed by atoms with van der Waals surface area (Å²) in [5.41, 5.74) is 1.56. The molecule has 206 valence electrons. The van der Waals surface area contributed by atoms with Crippen LogP contribution in [-0.2, 0) is 26.0 Å². The maximum absolute atomic E-state index is 13.5. The number of carbonyl (C=O) groups excluding carboxylic acids is 2. The molecule has 39 heavy (non-hydrogen) atoms. The van der Waals surface area contributed by atoms with E-state index >= 15 is 0 Å². The van der Waals surface area contributed by atoms with Crippen molar-refractivity contribution in [3.05, 3.63) is 83.4 Å². The van der Waals surface area contributed by atoms with Gasteiger partial charge in [0, 0.05) is 13.1 Å². The van der Waals surface area contributed by atoms with Crippen LogP contribution in [0.4, 0.5) is 5.69 Å². The molecule has 0 saturated heterocycles. The van der Waals surface area contributed by atoms with Gasteiger partial charge in [0.05, 0.1) is 35.8 Å². The number of hydrogen-bond donors (Lipinski definition) is 1. The summed E-state index contributed by atoms with van der Waals surface area (Å²) in [6.45, 7) is 1.61. The molecule has 3 aromatic carbocycles. The summed E-state index contributed by atoms with van der Waals surface area (Å²) in [5.74, 6) is -0.134. The van der Waals surface area contributed by atoms with E-state index in [0.29, 0.717) is 30.2 Å². The van der Waals surface area contributed by atoms with Crippen LogP contribution in [0.3, 0.4) is 0 Å². The van der Waals surface area contributed by atoms with E-state index in [1.807, 2.05) is 30.3 Å². The molecule has 1 aliphatic rings. The van der Waals surface area contributed by atoms with Gasteiger partial charge in [0.25, 0.3) is 5.91 Å². The number of nitrogens with zero attached hydrogens (tertiary/aromatic N) is 2. The van der Waals surface area contributed by atoms with Crippen molar-refractivity contribution in [1.82, 2.24) is 9.62 Å². The zero-order valence-electron chi connectivity index (χ0n) is 21.7. The van der Waals surface area contributed by atoms with E-state index in [1.54, 1.807) is 31.2 Å². The summed E-state index contributed by atoms with van der Waals surface area (Å²) in [5, 5.41) is 3.02. The highest BCUT2D eigenvalue weighted by Gasteiger charge is 2.35. The van der Waals surface area contributed by atoms with Crippen LogP contribution < -0.4 is 19.7 Å². The van der Waals surface area contributed by atoms with E-state index in [9.17, 15) is 18.0 Å². The quantitative estimate of drug-likeness (QED) is 0.399. The van der Waals surface area contributed by atoms with Crippen molar-refractivity contribution in [2.45, 2.75) is 24.3 Å². The number of rotatable bonds is 10. The molecule has 1 N–H and O–H groups in total. The second-order valence-corrected chi connectivity index (χ2v) is 11.2. The third kappa shape index (κ3) is 6.52. The fourth-order valence-corrected chi connectivity index (χ4v) is 6.00. The SMILES string of the molecule is CCN(CC(=O)N1C[C@@H](C(=O)NCCc2ccccc2)Oc2ccccc21)S(=O)(=O)c1ccc(OC)c(Cl)c1. The number of anilines is 1. The first-order valence-electron chi connectivity index (χ1n) is 12.5. The molecule has 0 saturated carbocycles. The van der Waals surface area contributed by atoms with Crippen molar-refractivity contribution in [2.75, 3.05) is 38.2 Å². The third-order valence-corrected chi connectivity index (χ3v) is 8.56. The number of fused-ring (bicyclic) bond motifs is 1. The van der Waals surface area contributed by atoms with Crippen LogP contribution in [0.5, 0.6) is 11.5 Å². The molecule has 0 unspecified atom stereocenters. The number of methoxy groups -OCH3 is 1. The Morgan fingerprint density at radius 2 is 1.82 bits per heavy atom. The number of para-hydroxylation sites is 2. The van der Waals surface area contributed by atoms with Crippen molar-refractivity contribution in [3.8, 4) is 11.5 Å². The Hall–Kier alpha value is -3.60. The van der Waals surface area contributed by atoms with Gasteiger partial charge in [-0.3, -0.25) is 9.59 Å². The molecule has 0 aromatic heterocycles. The first-order chi connectivity index (χ1) is 18.7. The zero-order valence-corrected chi connectivity index (χ0v) is 23.2. The van der Waals surface area contributed by atoms with Crippen molar-refractivity contribution < 1.29 is 27.5 Å². The number of sulfonamides is 1. The molecular formula is C28H30ClN3O6S. The van der Waals surface area contributed by atoms with Crippen LogP contribution in [0.15, 0.2) is 77.7 Å². The first-order valence-corrected chi connectivity index (χ1v) is 14.3. The van der Waals surface area contributed by atoms with Gasteiger partial charge in [-0.25, -0.2) is 8.42 Å². The van der Waals surface area contributed by atoms with Crippen LogP contribution in [0, 0.1) is 0 Å². The molecule has 1 heterocycles. The maximum atomic E-state index is 13.5. The summed E-state index contributed by atoms with van der Waals surface area (Å²) in [6.07, 6.45) is -0.302. The predicted molar refractivity (Wildman–Crippen MR) is 149 cm³/mol. The number of halogens is 1. The van der Waals surface area contributed by atoms with Gasteiger partial charge in [-0.1, -0.05) is 61.0 Å². The molecule has 0 aliphatic carbocycles. The summed E-state index contributed by atoms with van der Waals surface area (Å²) in [6, 6.07) is 20.8. The highest BCUT2D eigenvalue weighted by Crippen LogP contribution is 2.34. The Balaban J connectivity index is 1.49. The molecule has 2 amide bonds. The summed E-state index contributed by atoms with van der Waals surface area (Å²) < 4.78 is 38.8. The van der Waals surface area contributed by atoms with Gasteiger partial charge in [-0.15, -0.1) is 0 Å². The monoisotopic (exact) mass is 571 g/mol. The van der Waals surface area contributed by atoms with Gasteiger partial charge in [0.15, 0.2) is 6.10 Å². The lowest BCUT2D eigenvalue weighted by Gasteiger charge is -2.35. The van der Waals surface area contributed by atoms with E-state index in [1.165, 1.54) is 30.2 Å². The average Bonchev–Trinajstić information content (AvgIpc) is 2.95. The van der Waals surface area contributed by atoms with E-state index in [4.69, 9.17) is 21.1 Å². The van der Waals surface area contributed by atoms with E-state index in [0.717, 1.165) is 9.87 Å². The van der Waals surface area contributed by atoms with Crippen molar-refractivity contribution in [3.63, 3.8) is 0 Å². The molecule has 0 radical (unpaired) electrons. The Morgan fingerprint density at radius 3 is 2.51 bits per heavy atom. The van der Waals surface area contributed by atoms with Crippen LogP contribution in [0.1, 0.15) is 12.5 Å². The van der Waals surface area contributed by atoms with Gasteiger partial charge < -0.3 is 19.7 Å². The lowest BCUT2D eigenvalue weighted by Crippen LogP contribution is -2.53. The van der Waals surface area contributed by atoms with E-state index in [2.05, 4.69) is 5.32 Å². The molecule has 9 nitrogen and oxygen atoms in total. The predicted octanol–water partition coefficient (Wildman–Crippen LogP) is 3.51. The smallest absolute Gasteiger partial charge is 0.262 e. The molecule has 1 atom stereocenters. The Morgan fingerprint density at radius 1 is 1.10 bits per heavy atom. The number of amides is 2. The topological polar surface area (TPSA) is 105 Å².